The Morgan fingerprint density at radius 2 is 2.16 bits per heavy atom. The molecule has 0 bridgehead atoms. The highest BCUT2D eigenvalue weighted by atomic mass is 16.2. The number of carbonyl (C=O) groups excluding carboxylic acids is 2. The molecule has 0 saturated carbocycles. The first-order valence-electron chi connectivity index (χ1n) is 9.21. The molecule has 0 aliphatic carbocycles. The summed E-state index contributed by atoms with van der Waals surface area (Å²) in [6, 6.07) is 5.94. The van der Waals surface area contributed by atoms with E-state index in [9.17, 15) is 9.59 Å². The molecule has 0 radical (unpaired) electrons. The number of carbonyl (C=O) groups is 2. The Bertz CT molecular complexity index is 619. The summed E-state index contributed by atoms with van der Waals surface area (Å²) in [6.07, 6.45) is 5.27. The first-order valence-corrected chi connectivity index (χ1v) is 9.21. The molecule has 1 N–H and O–H groups in total. The maximum Gasteiger partial charge on any atom is 0.317 e. The van der Waals surface area contributed by atoms with Crippen molar-refractivity contribution in [1.29, 1.82) is 0 Å². The average Bonchev–Trinajstić information content (AvgIpc) is 2.59. The Kier molecular flexibility index (Phi) is 5.25. The predicted molar refractivity (Wildman–Crippen MR) is 95.8 cm³/mol. The van der Waals surface area contributed by atoms with Gasteiger partial charge in [-0.05, 0) is 45.2 Å². The predicted octanol–water partition coefficient (Wildman–Crippen LogP) is 2.40. The van der Waals surface area contributed by atoms with Gasteiger partial charge in [-0.2, -0.15) is 0 Å². The van der Waals surface area contributed by atoms with E-state index in [0.717, 1.165) is 38.0 Å². The zero-order valence-corrected chi connectivity index (χ0v) is 15.2. The van der Waals surface area contributed by atoms with E-state index in [1.54, 1.807) is 6.20 Å². The number of urea groups is 1. The quantitative estimate of drug-likeness (QED) is 0.916. The highest BCUT2D eigenvalue weighted by Gasteiger charge is 2.42. The second-order valence-corrected chi connectivity index (χ2v) is 7.70. The van der Waals surface area contributed by atoms with Crippen molar-refractivity contribution in [2.45, 2.75) is 52.1 Å². The highest BCUT2D eigenvalue weighted by molar-refractivity contribution is 5.77. The van der Waals surface area contributed by atoms with E-state index in [1.807, 2.05) is 41.8 Å². The van der Waals surface area contributed by atoms with E-state index in [-0.39, 0.29) is 23.4 Å². The molecule has 2 aliphatic rings. The smallest absolute Gasteiger partial charge is 0.317 e. The van der Waals surface area contributed by atoms with Crippen LogP contribution in [0.1, 0.15) is 45.2 Å². The third kappa shape index (κ3) is 4.30. The molecule has 136 valence electrons. The van der Waals surface area contributed by atoms with Crippen molar-refractivity contribution in [2.75, 3.05) is 19.6 Å². The van der Waals surface area contributed by atoms with Gasteiger partial charge < -0.3 is 15.1 Å². The number of hydrogen-bond acceptors (Lipinski definition) is 3. The Hall–Kier alpha value is -2.11. The molecule has 25 heavy (non-hydrogen) atoms. The number of likely N-dealkylation sites (tertiary alicyclic amines) is 2. The fourth-order valence-corrected chi connectivity index (χ4v) is 3.99. The van der Waals surface area contributed by atoms with Crippen LogP contribution >= 0.6 is 0 Å². The van der Waals surface area contributed by atoms with Crippen molar-refractivity contribution < 1.29 is 9.59 Å². The van der Waals surface area contributed by atoms with Crippen molar-refractivity contribution in [3.63, 3.8) is 0 Å². The molecule has 3 heterocycles. The van der Waals surface area contributed by atoms with Gasteiger partial charge in [-0.15, -0.1) is 0 Å². The Morgan fingerprint density at radius 3 is 2.88 bits per heavy atom. The van der Waals surface area contributed by atoms with Crippen LogP contribution in [0.2, 0.25) is 0 Å². The van der Waals surface area contributed by atoms with Crippen LogP contribution in [0.4, 0.5) is 4.79 Å². The number of nitrogens with zero attached hydrogens (tertiary/aromatic N) is 3. The van der Waals surface area contributed by atoms with Crippen molar-refractivity contribution in [2.24, 2.45) is 5.41 Å². The molecule has 3 rings (SSSR count). The topological polar surface area (TPSA) is 65.5 Å². The van der Waals surface area contributed by atoms with E-state index in [2.05, 4.69) is 10.3 Å². The van der Waals surface area contributed by atoms with Gasteiger partial charge in [0, 0.05) is 43.7 Å². The lowest BCUT2D eigenvalue weighted by molar-refractivity contribution is -0.139. The van der Waals surface area contributed by atoms with E-state index >= 15 is 0 Å². The summed E-state index contributed by atoms with van der Waals surface area (Å²) in [4.78, 5) is 33.0. The summed E-state index contributed by atoms with van der Waals surface area (Å²) in [5.41, 5.74) is 0.938. The summed E-state index contributed by atoms with van der Waals surface area (Å²) in [6.45, 7) is 6.76. The van der Waals surface area contributed by atoms with Crippen LogP contribution in [-0.4, -0.2) is 52.4 Å². The second-order valence-electron chi connectivity index (χ2n) is 7.70. The van der Waals surface area contributed by atoms with Crippen LogP contribution in [0.15, 0.2) is 24.4 Å². The maximum absolute atomic E-state index is 12.4. The second kappa shape index (κ2) is 7.42. The van der Waals surface area contributed by atoms with E-state index < -0.39 is 0 Å². The molecule has 1 spiro atoms. The lowest BCUT2D eigenvalue weighted by Crippen LogP contribution is -2.56. The fourth-order valence-electron chi connectivity index (χ4n) is 3.99. The average molecular weight is 344 g/mol. The minimum absolute atomic E-state index is 0.0160. The molecule has 0 aromatic carbocycles. The maximum atomic E-state index is 12.4. The monoisotopic (exact) mass is 344 g/mol. The SMILES string of the molecule is CC(C)NC(=O)N1CCC[C@@]2(CCC(=O)N(Cc3ccccn3)C2)C1. The van der Waals surface area contributed by atoms with Crippen LogP contribution in [0, 0.1) is 5.41 Å². The van der Waals surface area contributed by atoms with Gasteiger partial charge >= 0.3 is 6.03 Å². The first-order chi connectivity index (χ1) is 12.0. The molecule has 2 fully saturated rings. The third-order valence-corrected chi connectivity index (χ3v) is 5.19. The number of aromatic nitrogens is 1. The van der Waals surface area contributed by atoms with Crippen LogP contribution in [-0.2, 0) is 11.3 Å². The molecule has 1 atom stereocenters. The normalized spacial score (nSPS) is 24.0. The van der Waals surface area contributed by atoms with Gasteiger partial charge in [0.2, 0.25) is 5.91 Å². The largest absolute Gasteiger partial charge is 0.336 e. The number of piperidine rings is 2. The Balaban J connectivity index is 1.68. The zero-order chi connectivity index (χ0) is 17.9. The van der Waals surface area contributed by atoms with E-state index in [4.69, 9.17) is 0 Å². The molecule has 6 nitrogen and oxygen atoms in total. The van der Waals surface area contributed by atoms with Gasteiger partial charge in [-0.3, -0.25) is 9.78 Å². The van der Waals surface area contributed by atoms with Gasteiger partial charge in [-0.1, -0.05) is 6.07 Å². The van der Waals surface area contributed by atoms with Crippen LogP contribution in [0.25, 0.3) is 0 Å². The molecule has 3 amide bonds. The van der Waals surface area contributed by atoms with Crippen molar-refractivity contribution in [3.05, 3.63) is 30.1 Å². The van der Waals surface area contributed by atoms with Crippen LogP contribution < -0.4 is 5.32 Å². The summed E-state index contributed by atoms with van der Waals surface area (Å²) in [7, 11) is 0. The molecule has 2 aliphatic heterocycles. The van der Waals surface area contributed by atoms with Crippen LogP contribution in [0.5, 0.6) is 0 Å². The van der Waals surface area contributed by atoms with Crippen LogP contribution in [0.3, 0.4) is 0 Å². The minimum atomic E-state index is 0.0160. The lowest BCUT2D eigenvalue weighted by Gasteiger charge is -2.48. The molecule has 1 aromatic rings. The standard InChI is InChI=1S/C19H28N4O2/c1-15(2)21-18(25)22-11-5-8-19(13-22)9-7-17(24)23(14-19)12-16-6-3-4-10-20-16/h3-4,6,10,15H,5,7-9,11-14H2,1-2H3,(H,21,25)/t19-/m1/s1. The van der Waals surface area contributed by atoms with E-state index in [1.165, 1.54) is 0 Å². The van der Waals surface area contributed by atoms with E-state index in [0.29, 0.717) is 19.5 Å². The number of amides is 3. The van der Waals surface area contributed by atoms with Gasteiger partial charge in [0.05, 0.1) is 12.2 Å². The van der Waals surface area contributed by atoms with Crippen molar-refractivity contribution in [3.8, 4) is 0 Å². The lowest BCUT2D eigenvalue weighted by atomic mass is 9.73. The van der Waals surface area contributed by atoms with Gasteiger partial charge in [0.15, 0.2) is 0 Å². The molecule has 0 unspecified atom stereocenters. The summed E-state index contributed by atoms with van der Waals surface area (Å²) >= 11 is 0. The minimum Gasteiger partial charge on any atom is -0.336 e. The molecule has 2 saturated heterocycles. The summed E-state index contributed by atoms with van der Waals surface area (Å²) < 4.78 is 0. The molecule has 6 heteroatoms. The fraction of sp³-hybridized carbons (Fsp3) is 0.632. The summed E-state index contributed by atoms with van der Waals surface area (Å²) in [5, 5.41) is 2.99. The van der Waals surface area contributed by atoms with Crippen molar-refractivity contribution in [1.82, 2.24) is 20.1 Å². The molecule has 1 aromatic heterocycles. The van der Waals surface area contributed by atoms with Gasteiger partial charge in [0.1, 0.15) is 0 Å². The number of pyridine rings is 1. The first kappa shape index (κ1) is 17.7. The Labute approximate surface area is 149 Å². The highest BCUT2D eigenvalue weighted by Crippen LogP contribution is 2.39. The molecular weight excluding hydrogens is 316 g/mol. The zero-order valence-electron chi connectivity index (χ0n) is 15.2. The number of rotatable bonds is 3. The van der Waals surface area contributed by atoms with Crippen molar-refractivity contribution >= 4 is 11.9 Å². The van der Waals surface area contributed by atoms with Gasteiger partial charge in [0.25, 0.3) is 0 Å². The van der Waals surface area contributed by atoms with Gasteiger partial charge in [-0.25, -0.2) is 4.79 Å². The number of nitrogens with one attached hydrogen (secondary N) is 1. The Morgan fingerprint density at radius 1 is 1.32 bits per heavy atom. The number of hydrogen-bond donors (Lipinski definition) is 1. The third-order valence-electron chi connectivity index (χ3n) is 5.19. The molecular formula is C19H28N4O2. The summed E-state index contributed by atoms with van der Waals surface area (Å²) in [5.74, 6) is 0.194.